The summed E-state index contributed by atoms with van der Waals surface area (Å²) in [6.07, 6.45) is 4.06. The Morgan fingerprint density at radius 2 is 1.38 bits per heavy atom. The quantitative estimate of drug-likeness (QED) is 0.302. The molecule has 0 saturated carbocycles. The second kappa shape index (κ2) is 9.02. The summed E-state index contributed by atoms with van der Waals surface area (Å²) in [5, 5.41) is 1.14. The molecule has 2 nitrogen and oxygen atoms in total. The zero-order valence-corrected chi connectivity index (χ0v) is 20.4. The molecule has 3 atom stereocenters. The van der Waals surface area contributed by atoms with Crippen molar-refractivity contribution >= 4 is 17.2 Å². The summed E-state index contributed by atoms with van der Waals surface area (Å²) >= 11 is 0. The molecule has 1 aliphatic carbocycles. The highest BCUT2D eigenvalue weighted by Gasteiger charge is 2.39. The number of aryl methyl sites for hydroxylation is 4. The van der Waals surface area contributed by atoms with E-state index in [0.717, 1.165) is 34.9 Å². The molecule has 1 aromatic heterocycles. The molecule has 1 heterocycles. The van der Waals surface area contributed by atoms with Gasteiger partial charge in [-0.05, 0) is 68.9 Å². The number of para-hydroxylation sites is 1. The second-order valence-corrected chi connectivity index (χ2v) is 9.94. The molecule has 0 fully saturated rings. The van der Waals surface area contributed by atoms with E-state index in [1.165, 1.54) is 33.4 Å². The molecule has 0 spiro atoms. The molecular formula is C32H31NO. The van der Waals surface area contributed by atoms with Gasteiger partial charge in [-0.3, -0.25) is 9.78 Å². The molecule has 170 valence electrons. The van der Waals surface area contributed by atoms with Crippen molar-refractivity contribution in [1.82, 2.24) is 4.98 Å². The minimum absolute atomic E-state index is 0.0377. The van der Waals surface area contributed by atoms with Crippen molar-refractivity contribution in [2.24, 2.45) is 0 Å². The zero-order valence-electron chi connectivity index (χ0n) is 20.4. The number of hydrogen-bond acceptors (Lipinski definition) is 2. The summed E-state index contributed by atoms with van der Waals surface area (Å²) in [6.45, 7) is 8.59. The number of hydrogen-bond donors (Lipinski definition) is 0. The molecule has 2 heteroatoms. The highest BCUT2D eigenvalue weighted by atomic mass is 16.1. The van der Waals surface area contributed by atoms with Crippen molar-refractivity contribution in [3.63, 3.8) is 0 Å². The third-order valence-corrected chi connectivity index (χ3v) is 7.13. The Morgan fingerprint density at radius 1 is 0.765 bits per heavy atom. The number of benzene rings is 3. The van der Waals surface area contributed by atoms with Crippen LogP contribution in [0.3, 0.4) is 0 Å². The van der Waals surface area contributed by atoms with Crippen LogP contribution in [0.4, 0.5) is 0 Å². The minimum atomic E-state index is -0.0377. The standard InChI is InChI=1S/C32H31NO/c1-20-13-21(2)16-26(15-20)28-11-9-25(19-34)31(27-17-22(3)14-23(4)18-27)32(28)30-12-10-24-7-5-6-8-29(24)33-30/h5-10,12-19,28,31-32H,11H2,1-4H3/t28-,31-,32-/m0/s1. The fourth-order valence-electron chi connectivity index (χ4n) is 5.90. The Morgan fingerprint density at radius 3 is 2.03 bits per heavy atom. The van der Waals surface area contributed by atoms with E-state index in [0.29, 0.717) is 0 Å². The lowest BCUT2D eigenvalue weighted by atomic mass is 9.65. The van der Waals surface area contributed by atoms with Crippen LogP contribution < -0.4 is 0 Å². The normalized spacial score (nSPS) is 20.2. The first-order chi connectivity index (χ1) is 16.4. The average molecular weight is 446 g/mol. The van der Waals surface area contributed by atoms with Crippen LogP contribution in [0.15, 0.2) is 84.4 Å². The van der Waals surface area contributed by atoms with Crippen molar-refractivity contribution in [3.05, 3.63) is 124 Å². The number of aromatic nitrogens is 1. The third kappa shape index (κ3) is 4.21. The van der Waals surface area contributed by atoms with Crippen molar-refractivity contribution < 1.29 is 4.79 Å². The molecular weight excluding hydrogens is 414 g/mol. The van der Waals surface area contributed by atoms with Gasteiger partial charge in [0.25, 0.3) is 0 Å². The van der Waals surface area contributed by atoms with E-state index in [4.69, 9.17) is 4.98 Å². The highest BCUT2D eigenvalue weighted by Crippen LogP contribution is 2.51. The summed E-state index contributed by atoms with van der Waals surface area (Å²) in [4.78, 5) is 17.5. The maximum atomic E-state index is 12.4. The number of fused-ring (bicyclic) bond motifs is 1. The molecule has 3 aromatic carbocycles. The first-order valence-corrected chi connectivity index (χ1v) is 12.1. The summed E-state index contributed by atoms with van der Waals surface area (Å²) in [6, 6.07) is 26.1. The third-order valence-electron chi connectivity index (χ3n) is 7.13. The van der Waals surface area contributed by atoms with E-state index in [1.807, 2.05) is 12.1 Å². The SMILES string of the molecule is Cc1cc(C)cc([C@@H]2CC=C(C=O)[C@@H](c3cc(C)cc(C)c3)[C@@H]2c2ccc3ccccc3n2)c1. The van der Waals surface area contributed by atoms with Gasteiger partial charge in [-0.15, -0.1) is 0 Å². The molecule has 0 bridgehead atoms. The van der Waals surface area contributed by atoms with Crippen LogP contribution in [-0.2, 0) is 4.79 Å². The molecule has 0 radical (unpaired) electrons. The minimum Gasteiger partial charge on any atom is -0.298 e. The van der Waals surface area contributed by atoms with Gasteiger partial charge < -0.3 is 0 Å². The predicted octanol–water partition coefficient (Wildman–Crippen LogP) is 7.65. The molecule has 0 saturated heterocycles. The number of rotatable bonds is 4. The van der Waals surface area contributed by atoms with Crippen LogP contribution in [0, 0.1) is 27.7 Å². The number of carbonyl (C=O) groups is 1. The van der Waals surface area contributed by atoms with Crippen molar-refractivity contribution in [2.75, 3.05) is 0 Å². The molecule has 0 N–H and O–H groups in total. The van der Waals surface area contributed by atoms with E-state index >= 15 is 0 Å². The predicted molar refractivity (Wildman–Crippen MR) is 141 cm³/mol. The van der Waals surface area contributed by atoms with E-state index in [1.54, 1.807) is 0 Å². The monoisotopic (exact) mass is 445 g/mol. The first kappa shape index (κ1) is 22.3. The van der Waals surface area contributed by atoms with Crippen LogP contribution in [0.2, 0.25) is 0 Å². The number of carbonyl (C=O) groups excluding carboxylic acids is 1. The van der Waals surface area contributed by atoms with Gasteiger partial charge in [-0.2, -0.15) is 0 Å². The van der Waals surface area contributed by atoms with Crippen LogP contribution in [-0.4, -0.2) is 11.3 Å². The fourth-order valence-corrected chi connectivity index (χ4v) is 5.90. The van der Waals surface area contributed by atoms with E-state index in [2.05, 4.69) is 94.4 Å². The molecule has 4 aromatic rings. The molecule has 1 aliphatic rings. The Labute approximate surface area is 202 Å². The van der Waals surface area contributed by atoms with Crippen molar-refractivity contribution in [1.29, 1.82) is 0 Å². The molecule has 0 amide bonds. The van der Waals surface area contributed by atoms with E-state index in [-0.39, 0.29) is 17.8 Å². The van der Waals surface area contributed by atoms with Gasteiger partial charge in [0.15, 0.2) is 0 Å². The maximum Gasteiger partial charge on any atom is 0.146 e. The van der Waals surface area contributed by atoms with Crippen LogP contribution >= 0.6 is 0 Å². The van der Waals surface area contributed by atoms with Gasteiger partial charge in [0.1, 0.15) is 6.29 Å². The molecule has 34 heavy (non-hydrogen) atoms. The smallest absolute Gasteiger partial charge is 0.146 e. The van der Waals surface area contributed by atoms with Crippen LogP contribution in [0.1, 0.15) is 63.2 Å². The summed E-state index contributed by atoms with van der Waals surface area (Å²) < 4.78 is 0. The Bertz CT molecular complexity index is 1370. The second-order valence-electron chi connectivity index (χ2n) is 9.94. The average Bonchev–Trinajstić information content (AvgIpc) is 2.81. The Kier molecular flexibility index (Phi) is 5.91. The van der Waals surface area contributed by atoms with Crippen molar-refractivity contribution in [3.8, 4) is 0 Å². The van der Waals surface area contributed by atoms with E-state index < -0.39 is 0 Å². The summed E-state index contributed by atoms with van der Waals surface area (Å²) in [7, 11) is 0. The van der Waals surface area contributed by atoms with Crippen LogP contribution in [0.25, 0.3) is 10.9 Å². The fraction of sp³-hybridized carbons (Fsp3) is 0.250. The topological polar surface area (TPSA) is 30.0 Å². The lowest BCUT2D eigenvalue weighted by Crippen LogP contribution is -2.26. The van der Waals surface area contributed by atoms with Crippen molar-refractivity contribution in [2.45, 2.75) is 51.9 Å². The largest absolute Gasteiger partial charge is 0.298 e. The van der Waals surface area contributed by atoms with Crippen LogP contribution in [0.5, 0.6) is 0 Å². The lowest BCUT2D eigenvalue weighted by molar-refractivity contribution is -0.105. The summed E-state index contributed by atoms with van der Waals surface area (Å²) in [5.41, 5.74) is 10.4. The van der Waals surface area contributed by atoms with Gasteiger partial charge in [0.2, 0.25) is 0 Å². The molecule has 5 rings (SSSR count). The van der Waals surface area contributed by atoms with Gasteiger partial charge in [-0.25, -0.2) is 0 Å². The Hall–Kier alpha value is -3.52. The number of allylic oxidation sites excluding steroid dienone is 2. The molecule has 0 unspecified atom stereocenters. The van der Waals surface area contributed by atoms with E-state index in [9.17, 15) is 4.79 Å². The molecule has 0 aliphatic heterocycles. The summed E-state index contributed by atoms with van der Waals surface area (Å²) in [5.74, 6) is 0.267. The van der Waals surface area contributed by atoms with Gasteiger partial charge in [0.05, 0.1) is 5.52 Å². The number of aldehydes is 1. The highest BCUT2D eigenvalue weighted by molar-refractivity contribution is 5.80. The maximum absolute atomic E-state index is 12.4. The first-order valence-electron chi connectivity index (χ1n) is 12.1. The number of pyridine rings is 1. The lowest BCUT2D eigenvalue weighted by Gasteiger charge is -2.38. The number of nitrogens with zero attached hydrogens (tertiary/aromatic N) is 1. The zero-order chi connectivity index (χ0) is 23.8. The van der Waals surface area contributed by atoms with Gasteiger partial charge in [0, 0.05) is 22.9 Å². The van der Waals surface area contributed by atoms with Gasteiger partial charge in [-0.1, -0.05) is 89.0 Å². The Balaban J connectivity index is 1.76. The van der Waals surface area contributed by atoms with Gasteiger partial charge >= 0.3 is 0 Å².